The van der Waals surface area contributed by atoms with Crippen LogP contribution < -0.4 is 5.43 Å². The van der Waals surface area contributed by atoms with Gasteiger partial charge in [0.15, 0.2) is 11.0 Å². The highest BCUT2D eigenvalue weighted by Gasteiger charge is 1.93. The van der Waals surface area contributed by atoms with Crippen molar-refractivity contribution in [3.05, 3.63) is 52.7 Å². The van der Waals surface area contributed by atoms with E-state index in [-0.39, 0.29) is 0 Å². The zero-order valence-electron chi connectivity index (χ0n) is 9.97. The summed E-state index contributed by atoms with van der Waals surface area (Å²) in [4.78, 5) is 0. The smallest absolute Gasteiger partial charge is 0.168 e. The SMILES string of the molecule is CCc1ccc(/C=N\Nc2ccc(Cl)nn2)cc1. The lowest BCUT2D eigenvalue weighted by Gasteiger charge is -1.98. The van der Waals surface area contributed by atoms with Crippen molar-refractivity contribution in [1.82, 2.24) is 10.2 Å². The second kappa shape index (κ2) is 6.12. The Morgan fingerprint density at radius 3 is 2.56 bits per heavy atom. The topological polar surface area (TPSA) is 50.2 Å². The van der Waals surface area contributed by atoms with Crippen LogP contribution in [0.5, 0.6) is 0 Å². The van der Waals surface area contributed by atoms with Gasteiger partial charge in [-0.25, -0.2) is 0 Å². The number of nitrogens with zero attached hydrogens (tertiary/aromatic N) is 3. The van der Waals surface area contributed by atoms with E-state index in [1.165, 1.54) is 5.56 Å². The van der Waals surface area contributed by atoms with Crippen LogP contribution in [0.1, 0.15) is 18.1 Å². The number of hydrogen-bond acceptors (Lipinski definition) is 4. The molecule has 0 aliphatic heterocycles. The first-order chi connectivity index (χ1) is 8.78. The van der Waals surface area contributed by atoms with Crippen molar-refractivity contribution in [3.8, 4) is 0 Å². The highest BCUT2D eigenvalue weighted by Crippen LogP contribution is 2.06. The number of benzene rings is 1. The predicted molar refractivity (Wildman–Crippen MR) is 74.1 cm³/mol. The van der Waals surface area contributed by atoms with Crippen LogP contribution in [-0.2, 0) is 6.42 Å². The Morgan fingerprint density at radius 2 is 1.94 bits per heavy atom. The number of halogens is 1. The van der Waals surface area contributed by atoms with Crippen molar-refractivity contribution in [2.24, 2.45) is 5.10 Å². The van der Waals surface area contributed by atoms with Gasteiger partial charge in [0.05, 0.1) is 6.21 Å². The second-order valence-electron chi connectivity index (χ2n) is 3.71. The minimum atomic E-state index is 0.361. The average Bonchev–Trinajstić information content (AvgIpc) is 2.42. The van der Waals surface area contributed by atoms with Gasteiger partial charge < -0.3 is 0 Å². The molecule has 0 aliphatic rings. The van der Waals surface area contributed by atoms with Gasteiger partial charge in [0.1, 0.15) is 0 Å². The molecule has 0 unspecified atom stereocenters. The molecular formula is C13H13ClN4. The lowest BCUT2D eigenvalue weighted by molar-refractivity contribution is 1.02. The summed E-state index contributed by atoms with van der Waals surface area (Å²) < 4.78 is 0. The largest absolute Gasteiger partial charge is 0.260 e. The van der Waals surface area contributed by atoms with Gasteiger partial charge >= 0.3 is 0 Å². The zero-order valence-corrected chi connectivity index (χ0v) is 10.7. The van der Waals surface area contributed by atoms with Crippen LogP contribution in [-0.4, -0.2) is 16.4 Å². The molecule has 0 bridgehead atoms. The van der Waals surface area contributed by atoms with Crippen molar-refractivity contribution in [2.75, 3.05) is 5.43 Å². The second-order valence-corrected chi connectivity index (χ2v) is 4.09. The average molecular weight is 261 g/mol. The first-order valence-electron chi connectivity index (χ1n) is 5.65. The third-order valence-electron chi connectivity index (χ3n) is 2.41. The molecule has 18 heavy (non-hydrogen) atoms. The van der Waals surface area contributed by atoms with E-state index >= 15 is 0 Å². The fraction of sp³-hybridized carbons (Fsp3) is 0.154. The number of hydrazone groups is 1. The molecule has 1 aromatic heterocycles. The maximum absolute atomic E-state index is 5.63. The normalized spacial score (nSPS) is 10.8. The molecule has 0 amide bonds. The van der Waals surface area contributed by atoms with Crippen LogP contribution in [0, 0.1) is 0 Å². The lowest BCUT2D eigenvalue weighted by Crippen LogP contribution is -1.95. The predicted octanol–water partition coefficient (Wildman–Crippen LogP) is 3.14. The summed E-state index contributed by atoms with van der Waals surface area (Å²) in [6, 6.07) is 11.6. The van der Waals surface area contributed by atoms with Gasteiger partial charge in [0.25, 0.3) is 0 Å². The van der Waals surface area contributed by atoms with E-state index in [1.54, 1.807) is 18.3 Å². The Bertz CT molecular complexity index is 520. The molecule has 1 aromatic carbocycles. The molecule has 1 heterocycles. The maximum Gasteiger partial charge on any atom is 0.168 e. The Balaban J connectivity index is 1.96. The molecule has 2 aromatic rings. The van der Waals surface area contributed by atoms with Gasteiger partial charge in [-0.3, -0.25) is 5.43 Å². The lowest BCUT2D eigenvalue weighted by atomic mass is 10.1. The molecule has 2 rings (SSSR count). The monoisotopic (exact) mass is 260 g/mol. The summed E-state index contributed by atoms with van der Waals surface area (Å²) in [6.07, 6.45) is 2.77. The number of aromatic nitrogens is 2. The molecule has 4 nitrogen and oxygen atoms in total. The molecule has 0 fully saturated rings. The van der Waals surface area contributed by atoms with Gasteiger partial charge in [0.2, 0.25) is 0 Å². The number of hydrogen-bond donors (Lipinski definition) is 1. The number of aryl methyl sites for hydroxylation is 1. The van der Waals surface area contributed by atoms with E-state index in [4.69, 9.17) is 11.6 Å². The maximum atomic E-state index is 5.63. The highest BCUT2D eigenvalue weighted by atomic mass is 35.5. The fourth-order valence-corrected chi connectivity index (χ4v) is 1.49. The quantitative estimate of drug-likeness (QED) is 0.679. The minimum absolute atomic E-state index is 0.361. The molecule has 0 saturated heterocycles. The summed E-state index contributed by atoms with van der Waals surface area (Å²) >= 11 is 5.63. The van der Waals surface area contributed by atoms with Crippen molar-refractivity contribution in [2.45, 2.75) is 13.3 Å². The number of rotatable bonds is 4. The van der Waals surface area contributed by atoms with E-state index in [0.717, 1.165) is 12.0 Å². The Kier molecular flexibility index (Phi) is 4.25. The molecule has 0 saturated carbocycles. The van der Waals surface area contributed by atoms with E-state index in [0.29, 0.717) is 11.0 Å². The van der Waals surface area contributed by atoms with Crippen LogP contribution in [0.2, 0.25) is 5.15 Å². The summed E-state index contributed by atoms with van der Waals surface area (Å²) in [7, 11) is 0. The molecule has 0 aliphatic carbocycles. The van der Waals surface area contributed by atoms with Gasteiger partial charge in [-0.05, 0) is 29.7 Å². The van der Waals surface area contributed by atoms with E-state index in [2.05, 4.69) is 39.8 Å². The Morgan fingerprint density at radius 1 is 1.17 bits per heavy atom. The minimum Gasteiger partial charge on any atom is -0.260 e. The third-order valence-corrected chi connectivity index (χ3v) is 2.61. The van der Waals surface area contributed by atoms with Gasteiger partial charge in [-0.15, -0.1) is 10.2 Å². The molecule has 1 N–H and O–H groups in total. The van der Waals surface area contributed by atoms with Crippen LogP contribution in [0.4, 0.5) is 5.82 Å². The van der Waals surface area contributed by atoms with Crippen LogP contribution >= 0.6 is 11.6 Å². The summed E-state index contributed by atoms with van der Waals surface area (Å²) in [5.41, 5.74) is 5.12. The van der Waals surface area contributed by atoms with Gasteiger partial charge in [-0.2, -0.15) is 5.10 Å². The Labute approximate surface area is 111 Å². The first-order valence-corrected chi connectivity index (χ1v) is 6.03. The van der Waals surface area contributed by atoms with Crippen LogP contribution in [0.25, 0.3) is 0 Å². The Hall–Kier alpha value is -1.94. The van der Waals surface area contributed by atoms with Crippen molar-refractivity contribution < 1.29 is 0 Å². The van der Waals surface area contributed by atoms with Gasteiger partial charge in [-0.1, -0.05) is 42.8 Å². The van der Waals surface area contributed by atoms with E-state index in [1.807, 2.05) is 12.1 Å². The summed E-state index contributed by atoms with van der Waals surface area (Å²) in [5.74, 6) is 0.556. The fourth-order valence-electron chi connectivity index (χ4n) is 1.39. The highest BCUT2D eigenvalue weighted by molar-refractivity contribution is 6.29. The third kappa shape index (κ3) is 3.53. The van der Waals surface area contributed by atoms with Crippen molar-refractivity contribution in [1.29, 1.82) is 0 Å². The summed E-state index contributed by atoms with van der Waals surface area (Å²) in [5, 5.41) is 12.0. The number of nitrogens with one attached hydrogen (secondary N) is 1. The van der Waals surface area contributed by atoms with Crippen molar-refractivity contribution in [3.63, 3.8) is 0 Å². The standard InChI is InChI=1S/C13H13ClN4/c1-2-10-3-5-11(6-4-10)9-15-17-13-8-7-12(14)16-18-13/h3-9H,2H2,1H3,(H,17,18)/b15-9-. The van der Waals surface area contributed by atoms with Crippen LogP contribution in [0.3, 0.4) is 0 Å². The zero-order chi connectivity index (χ0) is 12.8. The van der Waals surface area contributed by atoms with Crippen molar-refractivity contribution >= 4 is 23.6 Å². The first kappa shape index (κ1) is 12.5. The molecular weight excluding hydrogens is 248 g/mol. The van der Waals surface area contributed by atoms with E-state index in [9.17, 15) is 0 Å². The molecule has 0 spiro atoms. The molecule has 92 valence electrons. The van der Waals surface area contributed by atoms with Crippen LogP contribution in [0.15, 0.2) is 41.5 Å². The number of anilines is 1. The van der Waals surface area contributed by atoms with Gasteiger partial charge in [0, 0.05) is 0 Å². The van der Waals surface area contributed by atoms with E-state index < -0.39 is 0 Å². The summed E-state index contributed by atoms with van der Waals surface area (Å²) in [6.45, 7) is 2.13. The molecule has 5 heteroatoms. The molecule has 0 atom stereocenters. The molecule has 0 radical (unpaired) electrons.